The van der Waals surface area contributed by atoms with Crippen molar-refractivity contribution >= 4 is 5.78 Å². The fourth-order valence-electron chi connectivity index (χ4n) is 0.534. The molecule has 0 aromatic rings. The molecule has 0 heterocycles. The van der Waals surface area contributed by atoms with Crippen molar-refractivity contribution in [1.29, 1.82) is 0 Å². The number of carbonyl (C=O) groups is 1. The first-order chi connectivity index (χ1) is 9.61. The van der Waals surface area contributed by atoms with Crippen molar-refractivity contribution in [2.75, 3.05) is 20.3 Å². The van der Waals surface area contributed by atoms with Gasteiger partial charge in [0.1, 0.15) is 5.78 Å². The average Bonchev–Trinajstić information content (AvgIpc) is 2.35. The Balaban J connectivity index is 3.53. The summed E-state index contributed by atoms with van der Waals surface area (Å²) in [4.78, 5) is 11.9. The lowest BCUT2D eigenvalue weighted by atomic mass is 9.97. The second-order valence-corrected chi connectivity index (χ2v) is 1.90. The van der Waals surface area contributed by atoms with E-state index >= 15 is 0 Å². The van der Waals surface area contributed by atoms with Crippen molar-refractivity contribution < 1.29 is 28.0 Å². The van der Waals surface area contributed by atoms with E-state index in [1.54, 1.807) is 0 Å². The second-order valence-electron chi connectivity index (χ2n) is 1.90. The molecule has 3 heteroatoms. The first-order valence-electron chi connectivity index (χ1n) is 8.33. The average molecular weight is 182 g/mol. The molecule has 1 fully saturated rings. The molecule has 1 saturated carbocycles. The normalized spacial score (nSPS) is 54.2. The lowest BCUT2D eigenvalue weighted by Crippen LogP contribution is -2.22. The summed E-state index contributed by atoms with van der Waals surface area (Å²) >= 11 is 0. The van der Waals surface area contributed by atoms with Gasteiger partial charge in [-0.3, -0.25) is 4.79 Å². The van der Waals surface area contributed by atoms with Gasteiger partial charge in [-0.1, -0.05) is 0 Å². The van der Waals surface area contributed by atoms with E-state index < -0.39 is 50.5 Å². The Labute approximate surface area is 87.1 Å². The third-order valence-corrected chi connectivity index (χ3v) is 1.02. The first-order valence-corrected chi connectivity index (χ1v) is 3.25. The third-order valence-electron chi connectivity index (χ3n) is 1.02. The topological polar surface area (TPSA) is 35.5 Å². The van der Waals surface area contributed by atoms with Crippen molar-refractivity contribution in [3.8, 4) is 0 Å². The lowest BCUT2D eigenvalue weighted by molar-refractivity contribution is -0.123. The zero-order valence-electron chi connectivity index (χ0n) is 16.5. The number of Topliss-reactive ketones (excluding diaryl/α,β-unsaturated/α-hetero) is 1. The Kier molecular flexibility index (Phi) is 1.23. The van der Waals surface area contributed by atoms with Gasteiger partial charge in [-0.2, -0.15) is 0 Å². The van der Waals surface area contributed by atoms with Gasteiger partial charge < -0.3 is 9.47 Å². The molecule has 1 aliphatic carbocycles. The number of rotatable bonds is 4. The van der Waals surface area contributed by atoms with Crippen LogP contribution >= 0.6 is 0 Å². The zero-order valence-corrected chi connectivity index (χ0v) is 6.51. The summed E-state index contributed by atoms with van der Waals surface area (Å²) in [5.41, 5.74) is 0. The summed E-state index contributed by atoms with van der Waals surface area (Å²) in [6.45, 7) is -2.25. The van der Waals surface area contributed by atoms with Crippen LogP contribution in [-0.4, -0.2) is 32.2 Å². The Morgan fingerprint density at radius 3 is 3.00 bits per heavy atom. The standard InChI is InChI=1S/C9H16O3/c1-11-6-7-12-9-4-2-8(10)3-5-9/h9H,2-7H2,1H3/i2D2,3D2,4D2,5D2,7D,9D. The van der Waals surface area contributed by atoms with Gasteiger partial charge in [0, 0.05) is 30.8 Å². The van der Waals surface area contributed by atoms with Gasteiger partial charge in [0.15, 0.2) is 0 Å². The van der Waals surface area contributed by atoms with Crippen LogP contribution in [0.1, 0.15) is 39.2 Å². The monoisotopic (exact) mass is 182 g/mol. The van der Waals surface area contributed by atoms with Crippen molar-refractivity contribution in [1.82, 2.24) is 0 Å². The van der Waals surface area contributed by atoms with Crippen LogP contribution in [0.15, 0.2) is 0 Å². The highest BCUT2D eigenvalue weighted by atomic mass is 16.5. The molecule has 70 valence electrons. The molecule has 1 atom stereocenters. The Bertz CT molecular complexity index is 433. The molecule has 3 nitrogen and oxygen atoms in total. The molecule has 1 rings (SSSR count). The molecule has 0 aromatic heterocycles. The van der Waals surface area contributed by atoms with E-state index in [0.717, 1.165) is 0 Å². The molecule has 0 aromatic carbocycles. The molecule has 1 aliphatic rings. The van der Waals surface area contributed by atoms with Crippen LogP contribution < -0.4 is 0 Å². The quantitative estimate of drug-likeness (QED) is 0.654. The van der Waals surface area contributed by atoms with Gasteiger partial charge in [0.2, 0.25) is 0 Å². The summed E-state index contributed by atoms with van der Waals surface area (Å²) in [7, 11) is 1.17. The van der Waals surface area contributed by atoms with Crippen molar-refractivity contribution in [3.63, 3.8) is 0 Å². The lowest BCUT2D eigenvalue weighted by Gasteiger charge is -2.20. The van der Waals surface area contributed by atoms with Gasteiger partial charge >= 0.3 is 0 Å². The van der Waals surface area contributed by atoms with Gasteiger partial charge in [0.05, 0.1) is 22.0 Å². The molecule has 0 bridgehead atoms. The number of ketones is 1. The Hall–Kier alpha value is -0.410. The van der Waals surface area contributed by atoms with E-state index in [9.17, 15) is 4.79 Å². The molecule has 0 saturated heterocycles. The molecule has 12 heavy (non-hydrogen) atoms. The van der Waals surface area contributed by atoms with Gasteiger partial charge in [-0.05, 0) is 12.7 Å². The first kappa shape index (κ1) is 2.79. The van der Waals surface area contributed by atoms with Crippen molar-refractivity contribution in [2.45, 2.75) is 31.6 Å². The van der Waals surface area contributed by atoms with Crippen LogP contribution in [0.5, 0.6) is 0 Å². The van der Waals surface area contributed by atoms with Crippen LogP contribution in [0.2, 0.25) is 0 Å². The predicted octanol–water partition coefficient (Wildman–Crippen LogP) is 1.16. The second kappa shape index (κ2) is 5.27. The number of carbonyl (C=O) groups excluding carboxylic acids is 1. The minimum atomic E-state index is -3.54. The Morgan fingerprint density at radius 1 is 1.75 bits per heavy atom. The van der Waals surface area contributed by atoms with E-state index in [0.29, 0.717) is 0 Å². The van der Waals surface area contributed by atoms with Crippen LogP contribution in [0.3, 0.4) is 0 Å². The number of hydrogen-bond donors (Lipinski definition) is 0. The molecule has 0 N–H and O–H groups in total. The number of ether oxygens (including phenoxy) is 2. The fraction of sp³-hybridized carbons (Fsp3) is 0.889. The van der Waals surface area contributed by atoms with Gasteiger partial charge in [0.25, 0.3) is 0 Å². The minimum Gasteiger partial charge on any atom is -0.382 e. The van der Waals surface area contributed by atoms with Gasteiger partial charge in [-0.25, -0.2) is 0 Å². The summed E-state index contributed by atoms with van der Waals surface area (Å²) in [6, 6.07) is 0. The zero-order chi connectivity index (χ0) is 17.8. The highest BCUT2D eigenvalue weighted by Gasteiger charge is 2.18. The van der Waals surface area contributed by atoms with Crippen LogP contribution in [0, 0.1) is 0 Å². The van der Waals surface area contributed by atoms with E-state index in [2.05, 4.69) is 4.74 Å². The fourth-order valence-corrected chi connectivity index (χ4v) is 0.534. The molecule has 0 radical (unpaired) electrons. The summed E-state index contributed by atoms with van der Waals surface area (Å²) in [5, 5.41) is 0. The maximum atomic E-state index is 11.9. The molecule has 0 spiro atoms. The van der Waals surface area contributed by atoms with Crippen LogP contribution in [-0.2, 0) is 14.3 Å². The smallest absolute Gasteiger partial charge is 0.133 e. The molecular formula is C9H16O3. The minimum absolute atomic E-state index is 0.479. The van der Waals surface area contributed by atoms with Crippen molar-refractivity contribution in [2.24, 2.45) is 0 Å². The number of hydrogen-bond acceptors (Lipinski definition) is 3. The Morgan fingerprint density at radius 2 is 2.42 bits per heavy atom. The van der Waals surface area contributed by atoms with Crippen LogP contribution in [0.25, 0.3) is 0 Å². The molecule has 0 amide bonds. The largest absolute Gasteiger partial charge is 0.382 e. The summed E-state index contributed by atoms with van der Waals surface area (Å²) in [6.07, 6.45) is -17.6. The van der Waals surface area contributed by atoms with E-state index in [1.807, 2.05) is 0 Å². The maximum Gasteiger partial charge on any atom is 0.133 e. The SMILES string of the molecule is [2H]C(COC)OC1([2H])C([2H])([2H])C([2H])([2H])C(=O)C([2H])([2H])C1([2H])[2H]. The highest BCUT2D eigenvalue weighted by molar-refractivity contribution is 5.79. The van der Waals surface area contributed by atoms with E-state index in [-0.39, 0.29) is 0 Å². The predicted molar refractivity (Wildman–Crippen MR) is 45.1 cm³/mol. The van der Waals surface area contributed by atoms with E-state index in [1.165, 1.54) is 7.11 Å². The summed E-state index contributed by atoms with van der Waals surface area (Å²) < 4.78 is 85.5. The van der Waals surface area contributed by atoms with Gasteiger partial charge in [-0.15, -0.1) is 0 Å². The van der Waals surface area contributed by atoms with E-state index in [4.69, 9.17) is 18.4 Å². The van der Waals surface area contributed by atoms with Crippen molar-refractivity contribution in [3.05, 3.63) is 0 Å². The van der Waals surface area contributed by atoms with Crippen LogP contribution in [0.4, 0.5) is 0 Å². The molecular weight excluding hydrogens is 156 g/mol. The summed E-state index contributed by atoms with van der Waals surface area (Å²) in [5.74, 6) is -1.95. The molecule has 1 unspecified atom stereocenters. The number of methoxy groups -OCH3 is 1. The third kappa shape index (κ3) is 3.32. The maximum absolute atomic E-state index is 11.9. The highest BCUT2D eigenvalue weighted by Crippen LogP contribution is 2.17. The molecule has 0 aliphatic heterocycles.